The molecule has 0 atom stereocenters. The molecule has 4 aromatic rings. The van der Waals surface area contributed by atoms with Gasteiger partial charge >= 0.3 is 0 Å². The lowest BCUT2D eigenvalue weighted by atomic mass is 10.0. The number of methoxy groups -OCH3 is 1. The van der Waals surface area contributed by atoms with Crippen molar-refractivity contribution < 1.29 is 9.47 Å². The van der Waals surface area contributed by atoms with E-state index in [1.165, 1.54) is 11.3 Å². The Kier molecular flexibility index (Phi) is 6.94. The highest BCUT2D eigenvalue weighted by atomic mass is 32.1. The van der Waals surface area contributed by atoms with E-state index < -0.39 is 0 Å². The van der Waals surface area contributed by atoms with Gasteiger partial charge in [-0.3, -0.25) is 4.79 Å². The van der Waals surface area contributed by atoms with Gasteiger partial charge in [0.05, 0.1) is 19.1 Å². The van der Waals surface area contributed by atoms with Crippen molar-refractivity contribution in [2.45, 2.75) is 27.2 Å². The van der Waals surface area contributed by atoms with E-state index >= 15 is 0 Å². The molecule has 2 aromatic carbocycles. The predicted molar refractivity (Wildman–Crippen MR) is 137 cm³/mol. The molecule has 0 aliphatic heterocycles. The molecule has 0 bridgehead atoms. The van der Waals surface area contributed by atoms with E-state index in [2.05, 4.69) is 18.8 Å². The zero-order valence-electron chi connectivity index (χ0n) is 19.3. The minimum Gasteiger partial charge on any atom is -0.493 e. The number of rotatable bonds is 8. The summed E-state index contributed by atoms with van der Waals surface area (Å²) in [5, 5.41) is 0.644. The van der Waals surface area contributed by atoms with Crippen molar-refractivity contribution in [3.05, 3.63) is 75.1 Å². The number of aryl methyl sites for hydroxylation is 1. The first kappa shape index (κ1) is 22.8. The molecule has 170 valence electrons. The van der Waals surface area contributed by atoms with Crippen LogP contribution in [0.25, 0.3) is 33.5 Å². The first-order chi connectivity index (χ1) is 16.0. The lowest BCUT2D eigenvalue weighted by Gasteiger charge is -2.12. The maximum absolute atomic E-state index is 13.0. The lowest BCUT2D eigenvalue weighted by molar-refractivity contribution is 0.273. The smallest absolute Gasteiger partial charge is 0.260 e. The van der Waals surface area contributed by atoms with Gasteiger partial charge in [-0.05, 0) is 48.6 Å². The highest BCUT2D eigenvalue weighted by molar-refractivity contribution is 7.19. The van der Waals surface area contributed by atoms with Gasteiger partial charge in [-0.1, -0.05) is 56.3 Å². The largest absolute Gasteiger partial charge is 0.493 e. The van der Waals surface area contributed by atoms with Gasteiger partial charge in [0.25, 0.3) is 5.56 Å². The van der Waals surface area contributed by atoms with Gasteiger partial charge in [0.15, 0.2) is 11.5 Å². The topological polar surface area (TPSA) is 64.2 Å². The fraction of sp³-hybridized carbons (Fsp3) is 0.259. The molecule has 0 saturated carbocycles. The third-order valence-electron chi connectivity index (χ3n) is 5.39. The molecule has 6 heteroatoms. The summed E-state index contributed by atoms with van der Waals surface area (Å²) in [6.45, 7) is 7.02. The molecule has 4 rings (SSSR count). The quantitative estimate of drug-likeness (QED) is 0.323. The zero-order chi connectivity index (χ0) is 23.4. The fourth-order valence-electron chi connectivity index (χ4n) is 3.65. The number of nitrogens with one attached hydrogen (secondary N) is 1. The molecule has 33 heavy (non-hydrogen) atoms. The van der Waals surface area contributed by atoms with E-state index in [1.54, 1.807) is 7.11 Å². The lowest BCUT2D eigenvalue weighted by Crippen LogP contribution is -2.09. The minimum absolute atomic E-state index is 0.130. The van der Waals surface area contributed by atoms with Crippen LogP contribution in [-0.4, -0.2) is 23.7 Å². The van der Waals surface area contributed by atoms with Crippen LogP contribution in [0.15, 0.2) is 53.3 Å². The molecular weight excluding hydrogens is 432 g/mol. The molecule has 5 nitrogen and oxygen atoms in total. The highest BCUT2D eigenvalue weighted by Crippen LogP contribution is 2.35. The molecule has 0 unspecified atom stereocenters. The minimum atomic E-state index is -0.130. The fourth-order valence-corrected chi connectivity index (χ4v) is 4.71. The van der Waals surface area contributed by atoms with Gasteiger partial charge in [0, 0.05) is 10.4 Å². The number of benzene rings is 2. The van der Waals surface area contributed by atoms with E-state index in [0.29, 0.717) is 29.5 Å². The first-order valence-corrected chi connectivity index (χ1v) is 11.9. The van der Waals surface area contributed by atoms with E-state index in [-0.39, 0.29) is 5.56 Å². The molecule has 2 aromatic heterocycles. The Bertz CT molecular complexity index is 1340. The van der Waals surface area contributed by atoms with Gasteiger partial charge in [0.1, 0.15) is 10.7 Å². The predicted octanol–water partition coefficient (Wildman–Crippen LogP) is 6.56. The summed E-state index contributed by atoms with van der Waals surface area (Å²) in [5.74, 6) is 2.51. The summed E-state index contributed by atoms with van der Waals surface area (Å²) in [6, 6.07) is 15.8. The van der Waals surface area contributed by atoms with Crippen LogP contribution >= 0.6 is 11.3 Å². The molecular formula is C27H28N2O3S. The normalized spacial score (nSPS) is 11.5. The SMILES string of the molecule is COc1cc(C=Cc2nc3sc(C)c(-c4ccccc4)c3c(=O)[nH]2)ccc1OCCC(C)C. The number of hydrogen-bond acceptors (Lipinski definition) is 5. The summed E-state index contributed by atoms with van der Waals surface area (Å²) in [6.07, 6.45) is 4.70. The number of nitrogens with zero attached hydrogens (tertiary/aromatic N) is 1. The zero-order valence-corrected chi connectivity index (χ0v) is 20.2. The van der Waals surface area contributed by atoms with Gasteiger partial charge in [-0.2, -0.15) is 0 Å². The number of fused-ring (bicyclic) bond motifs is 1. The van der Waals surface area contributed by atoms with Crippen LogP contribution in [0.3, 0.4) is 0 Å². The van der Waals surface area contributed by atoms with Crippen molar-refractivity contribution in [3.63, 3.8) is 0 Å². The maximum Gasteiger partial charge on any atom is 0.260 e. The highest BCUT2D eigenvalue weighted by Gasteiger charge is 2.16. The third-order valence-corrected chi connectivity index (χ3v) is 6.39. The van der Waals surface area contributed by atoms with Crippen LogP contribution in [0.4, 0.5) is 0 Å². The second-order valence-corrected chi connectivity index (χ2v) is 9.51. The molecule has 0 radical (unpaired) electrons. The van der Waals surface area contributed by atoms with Crippen LogP contribution in [0.1, 0.15) is 36.5 Å². The monoisotopic (exact) mass is 460 g/mol. The van der Waals surface area contributed by atoms with Crippen molar-refractivity contribution in [1.29, 1.82) is 0 Å². The molecule has 1 N–H and O–H groups in total. The van der Waals surface area contributed by atoms with Crippen LogP contribution in [-0.2, 0) is 0 Å². The van der Waals surface area contributed by atoms with E-state index in [9.17, 15) is 4.79 Å². The van der Waals surface area contributed by atoms with Gasteiger partial charge < -0.3 is 14.5 Å². The number of hydrogen-bond donors (Lipinski definition) is 1. The third kappa shape index (κ3) is 5.17. The molecule has 0 amide bonds. The summed E-state index contributed by atoms with van der Waals surface area (Å²) in [5.41, 5.74) is 2.78. The van der Waals surface area contributed by atoms with Crippen molar-refractivity contribution in [2.75, 3.05) is 13.7 Å². The number of ether oxygens (including phenoxy) is 2. The van der Waals surface area contributed by atoms with E-state index in [4.69, 9.17) is 14.5 Å². The van der Waals surface area contributed by atoms with Crippen molar-refractivity contribution in [2.24, 2.45) is 5.92 Å². The average Bonchev–Trinajstić information content (AvgIpc) is 3.14. The Balaban J connectivity index is 1.60. The van der Waals surface area contributed by atoms with Gasteiger partial charge in [-0.15, -0.1) is 11.3 Å². The average molecular weight is 461 g/mol. The summed E-state index contributed by atoms with van der Waals surface area (Å²) in [4.78, 5) is 22.4. The Labute approximate surface area is 197 Å². The van der Waals surface area contributed by atoms with Crippen LogP contribution in [0.2, 0.25) is 0 Å². The van der Waals surface area contributed by atoms with Crippen molar-refractivity contribution >= 4 is 33.7 Å². The van der Waals surface area contributed by atoms with Crippen LogP contribution in [0, 0.1) is 12.8 Å². The first-order valence-electron chi connectivity index (χ1n) is 11.0. The van der Waals surface area contributed by atoms with E-state index in [1.807, 2.05) is 67.6 Å². The molecule has 0 aliphatic carbocycles. The number of aromatic amines is 1. The molecule has 0 fully saturated rings. The van der Waals surface area contributed by atoms with Crippen LogP contribution < -0.4 is 15.0 Å². The van der Waals surface area contributed by atoms with Gasteiger partial charge in [0.2, 0.25) is 0 Å². The van der Waals surface area contributed by atoms with Crippen LogP contribution in [0.5, 0.6) is 11.5 Å². The molecule has 2 heterocycles. The molecule has 0 spiro atoms. The Hall–Kier alpha value is -3.38. The summed E-state index contributed by atoms with van der Waals surface area (Å²) >= 11 is 1.54. The van der Waals surface area contributed by atoms with Gasteiger partial charge in [-0.25, -0.2) is 4.98 Å². The second-order valence-electron chi connectivity index (χ2n) is 8.31. The van der Waals surface area contributed by atoms with Crippen molar-refractivity contribution in [1.82, 2.24) is 9.97 Å². The second kappa shape index (κ2) is 10.0. The van der Waals surface area contributed by atoms with E-state index in [0.717, 1.165) is 38.6 Å². The van der Waals surface area contributed by atoms with Crippen molar-refractivity contribution in [3.8, 4) is 22.6 Å². The Morgan fingerprint density at radius 2 is 1.88 bits per heavy atom. The molecule has 0 saturated heterocycles. The Morgan fingerprint density at radius 1 is 1.09 bits per heavy atom. The standard InChI is InChI=1S/C27H28N2O3S/c1-17(2)14-15-32-21-12-10-19(16-22(21)31-4)11-13-23-28-26(30)25-24(18(3)33-27(25)29-23)20-8-6-5-7-9-20/h5-13,16-17H,14-15H2,1-4H3,(H,28,29,30). The number of H-pyrrole nitrogens is 1. The maximum atomic E-state index is 13.0. The number of thiophene rings is 1. The number of aromatic nitrogens is 2. The summed E-state index contributed by atoms with van der Waals surface area (Å²) in [7, 11) is 1.63. The summed E-state index contributed by atoms with van der Waals surface area (Å²) < 4.78 is 11.4. The molecule has 0 aliphatic rings. The Morgan fingerprint density at radius 3 is 2.61 bits per heavy atom.